The molecule has 5 nitrogen and oxygen atoms in total. The second-order valence-corrected chi connectivity index (χ2v) is 5.47. The molecule has 120 valence electrons. The number of furan rings is 1. The van der Waals surface area contributed by atoms with Crippen molar-refractivity contribution in [1.29, 1.82) is 0 Å². The lowest BCUT2D eigenvalue weighted by Gasteiger charge is -2.21. The van der Waals surface area contributed by atoms with Gasteiger partial charge in [-0.15, -0.1) is 0 Å². The monoisotopic (exact) mass is 312 g/mol. The van der Waals surface area contributed by atoms with Gasteiger partial charge in [0.25, 0.3) is 11.8 Å². The van der Waals surface area contributed by atoms with Gasteiger partial charge in [0.05, 0.1) is 6.26 Å². The van der Waals surface area contributed by atoms with Gasteiger partial charge in [0.15, 0.2) is 11.3 Å². The highest BCUT2D eigenvalue weighted by molar-refractivity contribution is 5.97. The van der Waals surface area contributed by atoms with Gasteiger partial charge in [-0.2, -0.15) is 0 Å². The number of oxazole rings is 1. The molecule has 0 saturated heterocycles. The molecule has 2 heterocycles. The molecule has 3 aromatic rings. The van der Waals surface area contributed by atoms with Gasteiger partial charge in [0.1, 0.15) is 5.52 Å². The molecule has 1 aromatic carbocycles. The number of nitrogens with zero attached hydrogens (tertiary/aromatic N) is 2. The zero-order valence-electron chi connectivity index (χ0n) is 13.4. The Hall–Kier alpha value is -2.56. The smallest absolute Gasteiger partial charge is 0.263 e. The molecule has 23 heavy (non-hydrogen) atoms. The van der Waals surface area contributed by atoms with Crippen LogP contribution in [0.5, 0.6) is 0 Å². The van der Waals surface area contributed by atoms with E-state index in [0.29, 0.717) is 28.3 Å². The van der Waals surface area contributed by atoms with Gasteiger partial charge in [-0.1, -0.05) is 13.8 Å². The molecule has 0 aliphatic heterocycles. The summed E-state index contributed by atoms with van der Waals surface area (Å²) < 4.78 is 11.0. The van der Waals surface area contributed by atoms with E-state index in [-0.39, 0.29) is 5.91 Å². The summed E-state index contributed by atoms with van der Waals surface area (Å²) >= 11 is 0. The molecule has 3 rings (SSSR count). The Morgan fingerprint density at radius 1 is 1.17 bits per heavy atom. The van der Waals surface area contributed by atoms with E-state index in [1.165, 1.54) is 0 Å². The third-order valence-electron chi connectivity index (χ3n) is 3.64. The molecule has 2 aromatic heterocycles. The van der Waals surface area contributed by atoms with Crippen LogP contribution in [0, 0.1) is 0 Å². The summed E-state index contributed by atoms with van der Waals surface area (Å²) in [6.45, 7) is 5.67. The summed E-state index contributed by atoms with van der Waals surface area (Å²) in [7, 11) is 0. The Bertz CT molecular complexity index is 784. The highest BCUT2D eigenvalue weighted by Crippen LogP contribution is 2.25. The van der Waals surface area contributed by atoms with Crippen LogP contribution >= 0.6 is 0 Å². The largest absolute Gasteiger partial charge is 0.459 e. The fourth-order valence-corrected chi connectivity index (χ4v) is 2.60. The molecule has 0 bridgehead atoms. The van der Waals surface area contributed by atoms with Crippen molar-refractivity contribution in [3.8, 4) is 11.7 Å². The van der Waals surface area contributed by atoms with E-state index in [1.54, 1.807) is 30.5 Å². The molecule has 0 saturated carbocycles. The maximum Gasteiger partial charge on any atom is 0.263 e. The molecule has 0 radical (unpaired) electrons. The molecule has 0 aliphatic rings. The minimum atomic E-state index is 0.0338. The minimum absolute atomic E-state index is 0.0338. The van der Waals surface area contributed by atoms with Crippen molar-refractivity contribution < 1.29 is 13.6 Å². The molecular weight excluding hydrogens is 292 g/mol. The first-order chi connectivity index (χ1) is 11.2. The van der Waals surface area contributed by atoms with Gasteiger partial charge in [-0.3, -0.25) is 4.79 Å². The predicted octanol–water partition coefficient (Wildman–Crippen LogP) is 4.35. The van der Waals surface area contributed by atoms with Crippen LogP contribution in [-0.2, 0) is 0 Å². The van der Waals surface area contributed by atoms with Crippen LogP contribution in [0.4, 0.5) is 0 Å². The third kappa shape index (κ3) is 3.13. The Morgan fingerprint density at radius 2 is 1.96 bits per heavy atom. The normalized spacial score (nSPS) is 11.0. The lowest BCUT2D eigenvalue weighted by atomic mass is 10.1. The van der Waals surface area contributed by atoms with Gasteiger partial charge in [0, 0.05) is 18.7 Å². The number of carbonyl (C=O) groups excluding carboxylic acids is 1. The highest BCUT2D eigenvalue weighted by Gasteiger charge is 2.17. The number of amides is 1. The minimum Gasteiger partial charge on any atom is -0.459 e. The van der Waals surface area contributed by atoms with Crippen LogP contribution in [-0.4, -0.2) is 28.9 Å². The lowest BCUT2D eigenvalue weighted by Crippen LogP contribution is -2.32. The summed E-state index contributed by atoms with van der Waals surface area (Å²) in [4.78, 5) is 18.9. The summed E-state index contributed by atoms with van der Waals surface area (Å²) in [5.41, 5.74) is 1.93. The van der Waals surface area contributed by atoms with E-state index in [2.05, 4.69) is 18.8 Å². The zero-order chi connectivity index (χ0) is 16.2. The lowest BCUT2D eigenvalue weighted by molar-refractivity contribution is 0.0755. The number of aromatic nitrogens is 1. The molecule has 0 aliphatic carbocycles. The molecule has 1 amide bonds. The molecule has 0 unspecified atom stereocenters. The van der Waals surface area contributed by atoms with Crippen molar-refractivity contribution in [2.24, 2.45) is 0 Å². The fraction of sp³-hybridized carbons (Fsp3) is 0.333. The second kappa shape index (κ2) is 6.69. The average molecular weight is 312 g/mol. The maximum atomic E-state index is 12.6. The highest BCUT2D eigenvalue weighted by atomic mass is 16.4. The molecule has 5 heteroatoms. The van der Waals surface area contributed by atoms with Crippen molar-refractivity contribution in [3.63, 3.8) is 0 Å². The first kappa shape index (κ1) is 15.3. The Labute approximate surface area is 134 Å². The average Bonchev–Trinajstić information content (AvgIpc) is 3.22. The van der Waals surface area contributed by atoms with Crippen molar-refractivity contribution >= 4 is 17.0 Å². The summed E-state index contributed by atoms with van der Waals surface area (Å²) in [5, 5.41) is 0. The van der Waals surface area contributed by atoms with E-state index in [1.807, 2.05) is 11.0 Å². The molecule has 0 N–H and O–H groups in total. The summed E-state index contributed by atoms with van der Waals surface area (Å²) in [5.74, 6) is 1.03. The van der Waals surface area contributed by atoms with E-state index in [4.69, 9.17) is 8.83 Å². The van der Waals surface area contributed by atoms with Gasteiger partial charge in [-0.25, -0.2) is 4.98 Å². The Balaban J connectivity index is 1.91. The Morgan fingerprint density at radius 3 is 2.61 bits per heavy atom. The number of fused-ring (bicyclic) bond motifs is 1. The van der Waals surface area contributed by atoms with Gasteiger partial charge >= 0.3 is 0 Å². The van der Waals surface area contributed by atoms with Crippen molar-refractivity contribution in [3.05, 3.63) is 42.2 Å². The fourth-order valence-electron chi connectivity index (χ4n) is 2.60. The van der Waals surface area contributed by atoms with Crippen LogP contribution in [0.25, 0.3) is 22.8 Å². The van der Waals surface area contributed by atoms with Gasteiger partial charge in [0.2, 0.25) is 0 Å². The number of hydrogen-bond donors (Lipinski definition) is 0. The summed E-state index contributed by atoms with van der Waals surface area (Å²) in [6.07, 6.45) is 3.46. The zero-order valence-corrected chi connectivity index (χ0v) is 13.4. The van der Waals surface area contributed by atoms with Crippen molar-refractivity contribution in [2.75, 3.05) is 13.1 Å². The first-order valence-electron chi connectivity index (χ1n) is 7.96. The van der Waals surface area contributed by atoms with Crippen LogP contribution in [0.15, 0.2) is 45.4 Å². The number of rotatable bonds is 6. The van der Waals surface area contributed by atoms with Crippen LogP contribution < -0.4 is 0 Å². The van der Waals surface area contributed by atoms with E-state index in [9.17, 15) is 4.79 Å². The van der Waals surface area contributed by atoms with E-state index in [0.717, 1.165) is 25.9 Å². The van der Waals surface area contributed by atoms with Crippen LogP contribution in [0.2, 0.25) is 0 Å². The maximum absolute atomic E-state index is 12.6. The van der Waals surface area contributed by atoms with E-state index >= 15 is 0 Å². The molecular formula is C18H20N2O3. The molecule has 0 spiro atoms. The van der Waals surface area contributed by atoms with Crippen molar-refractivity contribution in [1.82, 2.24) is 9.88 Å². The first-order valence-corrected chi connectivity index (χ1v) is 7.96. The topological polar surface area (TPSA) is 59.5 Å². The molecule has 0 fully saturated rings. The van der Waals surface area contributed by atoms with Gasteiger partial charge in [-0.05, 0) is 43.2 Å². The van der Waals surface area contributed by atoms with E-state index < -0.39 is 0 Å². The van der Waals surface area contributed by atoms with Crippen molar-refractivity contribution in [2.45, 2.75) is 26.7 Å². The third-order valence-corrected chi connectivity index (χ3v) is 3.64. The number of hydrogen-bond acceptors (Lipinski definition) is 4. The SMILES string of the molecule is CCCN(CCC)C(=O)c1ccc2nc(-c3ccco3)oc2c1. The predicted molar refractivity (Wildman–Crippen MR) is 88.2 cm³/mol. The summed E-state index contributed by atoms with van der Waals surface area (Å²) in [6, 6.07) is 8.95. The number of carbonyl (C=O) groups is 1. The standard InChI is InChI=1S/C18H20N2O3/c1-3-9-20(10-4-2)18(21)13-7-8-14-16(12-13)23-17(19-14)15-6-5-11-22-15/h5-8,11-12H,3-4,9-10H2,1-2H3. The van der Waals surface area contributed by atoms with Crippen LogP contribution in [0.3, 0.4) is 0 Å². The molecule has 0 atom stereocenters. The number of benzene rings is 1. The van der Waals surface area contributed by atoms with Gasteiger partial charge < -0.3 is 13.7 Å². The quantitative estimate of drug-likeness (QED) is 0.679. The Kier molecular flexibility index (Phi) is 4.46. The second-order valence-electron chi connectivity index (χ2n) is 5.47. The van der Waals surface area contributed by atoms with Crippen LogP contribution in [0.1, 0.15) is 37.0 Å².